The predicted octanol–water partition coefficient (Wildman–Crippen LogP) is 18.8. The highest BCUT2D eigenvalue weighted by molar-refractivity contribution is 6.10. The maximum absolute atomic E-state index is 2.48. The minimum Gasteiger partial charge on any atom is -0.310 e. The largest absolute Gasteiger partial charge is 0.310 e. The van der Waals surface area contributed by atoms with E-state index >= 15 is 0 Å². The Morgan fingerprint density at radius 1 is 0.260 bits per heavy atom. The van der Waals surface area contributed by atoms with Gasteiger partial charge in [-0.1, -0.05) is 212 Å². The van der Waals surface area contributed by atoms with Gasteiger partial charge in [0.25, 0.3) is 0 Å². The topological polar surface area (TPSA) is 8.17 Å². The molecule has 0 N–H and O–H groups in total. The van der Waals surface area contributed by atoms with Crippen molar-refractivity contribution in [1.82, 2.24) is 4.57 Å². The van der Waals surface area contributed by atoms with Crippen LogP contribution in [0.2, 0.25) is 0 Å². The summed E-state index contributed by atoms with van der Waals surface area (Å²) in [5.74, 6) is 0. The molecule has 15 rings (SSSR count). The Morgan fingerprint density at radius 3 is 1.38 bits per heavy atom. The highest BCUT2D eigenvalue weighted by Crippen LogP contribution is 2.63. The smallest absolute Gasteiger partial charge is 0.0726 e. The minimum atomic E-state index is -0.430. The molecule has 2 nitrogen and oxygen atoms in total. The maximum atomic E-state index is 2.48. The van der Waals surface area contributed by atoms with E-state index in [9.17, 15) is 0 Å². The minimum absolute atomic E-state index is 0.430. The molecule has 0 unspecified atom stereocenters. The summed E-state index contributed by atoms with van der Waals surface area (Å²) in [7, 11) is 0. The van der Waals surface area contributed by atoms with Crippen LogP contribution < -0.4 is 4.90 Å². The third-order valence-corrected chi connectivity index (χ3v) is 15.8. The number of hydrogen-bond acceptors (Lipinski definition) is 1. The number of rotatable bonds is 7. The van der Waals surface area contributed by atoms with Crippen LogP contribution in [0.1, 0.15) is 22.3 Å². The fourth-order valence-corrected chi connectivity index (χ4v) is 12.5. The van der Waals surface area contributed by atoms with Crippen LogP contribution in [0, 0.1) is 0 Å². The quantitative estimate of drug-likeness (QED) is 0.155. The molecule has 12 aromatic carbocycles. The second-order valence-corrected chi connectivity index (χ2v) is 19.6. The molecule has 2 aliphatic rings. The van der Waals surface area contributed by atoms with Crippen molar-refractivity contribution in [1.29, 1.82) is 0 Å². The summed E-state index contributed by atoms with van der Waals surface area (Å²) in [4.78, 5) is 2.44. The van der Waals surface area contributed by atoms with Crippen molar-refractivity contribution in [3.63, 3.8) is 0 Å². The van der Waals surface area contributed by atoms with Crippen molar-refractivity contribution < 1.29 is 0 Å². The molecule has 2 heteroatoms. The average Bonchev–Trinajstić information content (AvgIpc) is 4.08. The molecule has 2 aliphatic carbocycles. The number of aromatic nitrogens is 1. The monoisotopic (exact) mass is 926 g/mol. The molecular weight excluding hydrogens is 881 g/mol. The van der Waals surface area contributed by atoms with E-state index in [1.165, 1.54) is 110 Å². The summed E-state index contributed by atoms with van der Waals surface area (Å²) in [6.45, 7) is 0. The molecule has 1 heterocycles. The molecule has 0 atom stereocenters. The predicted molar refractivity (Wildman–Crippen MR) is 306 cm³/mol. The molecule has 0 radical (unpaired) electrons. The van der Waals surface area contributed by atoms with E-state index in [0.717, 1.165) is 22.7 Å². The third kappa shape index (κ3) is 6.30. The third-order valence-electron chi connectivity index (χ3n) is 15.8. The van der Waals surface area contributed by atoms with E-state index in [0.29, 0.717) is 0 Å². The first kappa shape index (κ1) is 41.3. The Kier molecular flexibility index (Phi) is 9.21. The van der Waals surface area contributed by atoms with Gasteiger partial charge in [0.2, 0.25) is 0 Å². The van der Waals surface area contributed by atoms with Gasteiger partial charge in [-0.2, -0.15) is 0 Å². The molecule has 13 aromatic rings. The molecule has 1 aromatic heterocycles. The normalized spacial score (nSPS) is 12.8. The van der Waals surface area contributed by atoms with E-state index in [2.05, 4.69) is 289 Å². The maximum Gasteiger partial charge on any atom is 0.0726 e. The SMILES string of the molecule is c1ccc(-c2ccc(-n3c4ccccc4c4cc(-c5ccc(-c6ccc(N(c7ccc8c(c7)C7(c9ccccc9-c9ccccc97)c7ccccc7-8)c7ccc8ccccc8c7)cc6)cc5)ccc43)cc2)cc1. The zero-order valence-corrected chi connectivity index (χ0v) is 40.0. The first-order chi connectivity index (χ1) is 36.2. The van der Waals surface area contributed by atoms with E-state index in [-0.39, 0.29) is 0 Å². The number of anilines is 3. The Hall–Kier alpha value is -9.50. The van der Waals surface area contributed by atoms with Crippen molar-refractivity contribution >= 4 is 49.6 Å². The van der Waals surface area contributed by atoms with Crippen LogP contribution in [0.15, 0.2) is 279 Å². The molecule has 73 heavy (non-hydrogen) atoms. The van der Waals surface area contributed by atoms with Crippen LogP contribution in [-0.2, 0) is 5.41 Å². The zero-order valence-electron chi connectivity index (χ0n) is 40.0. The lowest BCUT2D eigenvalue weighted by Gasteiger charge is -2.32. The summed E-state index contributed by atoms with van der Waals surface area (Å²) in [6.07, 6.45) is 0. The fraction of sp³-hybridized carbons (Fsp3) is 0.0141. The van der Waals surface area contributed by atoms with Gasteiger partial charge in [-0.15, -0.1) is 0 Å². The van der Waals surface area contributed by atoms with Crippen LogP contribution in [0.25, 0.3) is 93.9 Å². The number of benzene rings is 12. The van der Waals surface area contributed by atoms with E-state index in [4.69, 9.17) is 0 Å². The van der Waals surface area contributed by atoms with Crippen molar-refractivity contribution in [2.75, 3.05) is 4.90 Å². The number of hydrogen-bond donors (Lipinski definition) is 0. The van der Waals surface area contributed by atoms with Crippen LogP contribution in [0.3, 0.4) is 0 Å². The van der Waals surface area contributed by atoms with Gasteiger partial charge in [0.1, 0.15) is 0 Å². The molecule has 1 spiro atoms. The van der Waals surface area contributed by atoms with E-state index in [1.54, 1.807) is 0 Å². The van der Waals surface area contributed by atoms with Gasteiger partial charge in [0.15, 0.2) is 0 Å². The Morgan fingerprint density at radius 2 is 0.712 bits per heavy atom. The second kappa shape index (κ2) is 16.3. The van der Waals surface area contributed by atoms with E-state index in [1.807, 2.05) is 0 Å². The van der Waals surface area contributed by atoms with Gasteiger partial charge >= 0.3 is 0 Å². The Balaban J connectivity index is 0.793. The standard InChI is InChI=1S/C71H46N2/c1-2-14-47(15-3-1)50-32-38-56(39-33-50)73-69-25-13-9-21-63(69)64-45-54(35-43-70(64)73)52-28-26-49(27-29-52)51-30-36-55(37-31-51)72(57-40-34-48-16-4-5-17-53(48)44-57)58-41-42-62-61-20-8-12-24-67(61)71(68(62)46-58)65-22-10-6-18-59(65)60-19-7-11-23-66(60)71/h1-46H. The summed E-state index contributed by atoms with van der Waals surface area (Å²) < 4.78 is 2.39. The van der Waals surface area contributed by atoms with Gasteiger partial charge in [-0.3, -0.25) is 0 Å². The molecule has 0 aliphatic heterocycles. The molecule has 0 fully saturated rings. The summed E-state index contributed by atoms with van der Waals surface area (Å²) in [6, 6.07) is 103. The van der Waals surface area contributed by atoms with Crippen LogP contribution in [0.5, 0.6) is 0 Å². The van der Waals surface area contributed by atoms with Crippen molar-refractivity contribution in [3.05, 3.63) is 301 Å². The number of para-hydroxylation sites is 1. The zero-order chi connectivity index (χ0) is 48.0. The number of fused-ring (bicyclic) bond motifs is 14. The first-order valence-electron chi connectivity index (χ1n) is 25.3. The second-order valence-electron chi connectivity index (χ2n) is 19.6. The number of nitrogens with zero attached hydrogens (tertiary/aromatic N) is 2. The highest BCUT2D eigenvalue weighted by Gasteiger charge is 2.51. The lowest BCUT2D eigenvalue weighted by molar-refractivity contribution is 0.793. The van der Waals surface area contributed by atoms with Gasteiger partial charge in [0.05, 0.1) is 16.4 Å². The highest BCUT2D eigenvalue weighted by atomic mass is 15.1. The fourth-order valence-electron chi connectivity index (χ4n) is 12.5. The lowest BCUT2D eigenvalue weighted by atomic mass is 9.70. The summed E-state index contributed by atoms with van der Waals surface area (Å²) in [5.41, 5.74) is 24.3. The van der Waals surface area contributed by atoms with E-state index < -0.39 is 5.41 Å². The first-order valence-corrected chi connectivity index (χ1v) is 25.3. The average molecular weight is 927 g/mol. The molecule has 0 amide bonds. The van der Waals surface area contributed by atoms with Crippen molar-refractivity contribution in [2.45, 2.75) is 5.41 Å². The summed E-state index contributed by atoms with van der Waals surface area (Å²) in [5, 5.41) is 4.93. The molecular formula is C71H46N2. The lowest BCUT2D eigenvalue weighted by Crippen LogP contribution is -2.26. The Bertz CT molecular complexity index is 4230. The van der Waals surface area contributed by atoms with Crippen LogP contribution in [-0.4, -0.2) is 4.57 Å². The van der Waals surface area contributed by atoms with Crippen molar-refractivity contribution in [3.8, 4) is 61.3 Å². The van der Waals surface area contributed by atoms with Gasteiger partial charge in [-0.05, 0) is 155 Å². The summed E-state index contributed by atoms with van der Waals surface area (Å²) >= 11 is 0. The molecule has 0 saturated heterocycles. The molecule has 340 valence electrons. The molecule has 0 saturated carbocycles. The van der Waals surface area contributed by atoms with Gasteiger partial charge in [-0.25, -0.2) is 0 Å². The van der Waals surface area contributed by atoms with Gasteiger partial charge in [0, 0.05) is 33.5 Å². The Labute approximate surface area is 425 Å². The van der Waals surface area contributed by atoms with Gasteiger partial charge < -0.3 is 9.47 Å². The van der Waals surface area contributed by atoms with Crippen LogP contribution in [0.4, 0.5) is 17.1 Å². The van der Waals surface area contributed by atoms with Crippen molar-refractivity contribution in [2.24, 2.45) is 0 Å². The molecule has 0 bridgehead atoms. The van der Waals surface area contributed by atoms with Crippen LogP contribution >= 0.6 is 0 Å².